The van der Waals surface area contributed by atoms with Crippen LogP contribution in [-0.2, 0) is 4.74 Å². The van der Waals surface area contributed by atoms with Crippen LogP contribution in [-0.4, -0.2) is 26.3 Å². The molecule has 1 atom stereocenters. The monoisotopic (exact) mass is 215 g/mol. The van der Waals surface area contributed by atoms with Gasteiger partial charge in [0, 0.05) is 24.7 Å². The maximum Gasteiger partial charge on any atom is 0.0642 e. The molecule has 2 rings (SSSR count). The highest BCUT2D eigenvalue weighted by atomic mass is 16.5. The number of nitrogens with zero attached hydrogens (tertiary/aromatic N) is 1. The van der Waals surface area contributed by atoms with Crippen molar-refractivity contribution in [2.24, 2.45) is 0 Å². The molecule has 2 nitrogen and oxygen atoms in total. The largest absolute Gasteiger partial charge is 0.378 e. The molecule has 0 spiro atoms. The van der Waals surface area contributed by atoms with Crippen molar-refractivity contribution < 1.29 is 4.74 Å². The molecule has 1 aromatic carbocycles. The standard InChI is InChI=1S/C14H17NO/c1-3-12(2)13-4-6-14(7-5-13)15-8-10-16-11-9-15/h1,4-7,12H,8-11H2,2H3. The molecule has 0 aromatic heterocycles. The minimum absolute atomic E-state index is 0.193. The molecular formula is C14H17NO. The lowest BCUT2D eigenvalue weighted by Crippen LogP contribution is -2.36. The first-order valence-corrected chi connectivity index (χ1v) is 5.70. The third kappa shape index (κ3) is 2.37. The summed E-state index contributed by atoms with van der Waals surface area (Å²) in [7, 11) is 0. The van der Waals surface area contributed by atoms with E-state index in [1.807, 2.05) is 6.92 Å². The Morgan fingerprint density at radius 3 is 2.44 bits per heavy atom. The molecule has 84 valence electrons. The lowest BCUT2D eigenvalue weighted by atomic mass is 10.0. The van der Waals surface area contributed by atoms with E-state index in [-0.39, 0.29) is 5.92 Å². The highest BCUT2D eigenvalue weighted by Gasteiger charge is 2.11. The van der Waals surface area contributed by atoms with E-state index in [1.165, 1.54) is 11.3 Å². The first-order chi connectivity index (χ1) is 7.81. The molecule has 0 aliphatic carbocycles. The lowest BCUT2D eigenvalue weighted by molar-refractivity contribution is 0.122. The molecule has 1 fully saturated rings. The summed E-state index contributed by atoms with van der Waals surface area (Å²) in [6, 6.07) is 8.54. The molecule has 0 saturated carbocycles. The van der Waals surface area contributed by atoms with Crippen LogP contribution in [0.4, 0.5) is 5.69 Å². The Morgan fingerprint density at radius 2 is 1.88 bits per heavy atom. The molecule has 16 heavy (non-hydrogen) atoms. The Bertz CT molecular complexity index is 371. The Labute approximate surface area is 97.2 Å². The molecule has 0 bridgehead atoms. The van der Waals surface area contributed by atoms with Gasteiger partial charge in [-0.2, -0.15) is 0 Å². The summed E-state index contributed by atoms with van der Waals surface area (Å²) >= 11 is 0. The predicted octanol–water partition coefficient (Wildman–Crippen LogP) is 2.26. The number of rotatable bonds is 2. The number of terminal acetylenes is 1. The van der Waals surface area contributed by atoms with E-state index in [9.17, 15) is 0 Å². The minimum Gasteiger partial charge on any atom is -0.378 e. The normalized spacial score (nSPS) is 17.9. The van der Waals surface area contributed by atoms with E-state index in [1.54, 1.807) is 0 Å². The second-order valence-corrected chi connectivity index (χ2v) is 4.08. The molecule has 0 amide bonds. The van der Waals surface area contributed by atoms with Gasteiger partial charge in [0.05, 0.1) is 13.2 Å². The highest BCUT2D eigenvalue weighted by molar-refractivity contribution is 5.48. The van der Waals surface area contributed by atoms with Gasteiger partial charge in [-0.1, -0.05) is 18.1 Å². The highest BCUT2D eigenvalue weighted by Crippen LogP contribution is 2.20. The van der Waals surface area contributed by atoms with Gasteiger partial charge in [0.25, 0.3) is 0 Å². The molecule has 1 aliphatic rings. The first kappa shape index (κ1) is 11.0. The van der Waals surface area contributed by atoms with E-state index in [0.717, 1.165) is 26.3 Å². The molecule has 0 N–H and O–H groups in total. The van der Waals surface area contributed by atoms with E-state index in [2.05, 4.69) is 35.1 Å². The van der Waals surface area contributed by atoms with Gasteiger partial charge in [-0.15, -0.1) is 6.42 Å². The number of ether oxygens (including phenoxy) is 1. The summed E-state index contributed by atoms with van der Waals surface area (Å²) in [5.74, 6) is 2.94. The quantitative estimate of drug-likeness (QED) is 0.702. The van der Waals surface area contributed by atoms with Gasteiger partial charge in [0.1, 0.15) is 0 Å². The summed E-state index contributed by atoms with van der Waals surface area (Å²) in [6.45, 7) is 5.64. The van der Waals surface area contributed by atoms with Gasteiger partial charge >= 0.3 is 0 Å². The number of hydrogen-bond donors (Lipinski definition) is 0. The maximum absolute atomic E-state index is 5.41. The van der Waals surface area contributed by atoms with Crippen molar-refractivity contribution in [2.45, 2.75) is 12.8 Å². The average Bonchev–Trinajstić information content (AvgIpc) is 2.39. The van der Waals surface area contributed by atoms with Crippen molar-refractivity contribution >= 4 is 5.69 Å². The van der Waals surface area contributed by atoms with Gasteiger partial charge in [-0.3, -0.25) is 0 Å². The van der Waals surface area contributed by atoms with Crippen molar-refractivity contribution in [3.05, 3.63) is 29.8 Å². The molecule has 1 aliphatic heterocycles. The SMILES string of the molecule is C#CC(C)c1ccc(N2CCOCC2)cc1. The van der Waals surface area contributed by atoms with Gasteiger partial charge in [0.2, 0.25) is 0 Å². The van der Waals surface area contributed by atoms with Crippen LogP contribution in [0.15, 0.2) is 24.3 Å². The maximum atomic E-state index is 5.41. The molecule has 0 radical (unpaired) electrons. The van der Waals surface area contributed by atoms with Crippen molar-refractivity contribution in [2.75, 3.05) is 31.2 Å². The Kier molecular flexibility index (Phi) is 3.48. The van der Waals surface area contributed by atoms with Crippen molar-refractivity contribution in [1.82, 2.24) is 0 Å². The number of anilines is 1. The van der Waals surface area contributed by atoms with Crippen molar-refractivity contribution in [3.8, 4) is 12.3 Å². The average molecular weight is 215 g/mol. The topological polar surface area (TPSA) is 12.5 Å². The zero-order chi connectivity index (χ0) is 11.4. The van der Waals surface area contributed by atoms with Gasteiger partial charge in [0.15, 0.2) is 0 Å². The summed E-state index contributed by atoms with van der Waals surface area (Å²) in [6.07, 6.45) is 5.41. The fourth-order valence-electron chi connectivity index (χ4n) is 1.89. The van der Waals surface area contributed by atoms with Gasteiger partial charge in [-0.05, 0) is 24.6 Å². The van der Waals surface area contributed by atoms with Crippen LogP contribution in [0.2, 0.25) is 0 Å². The Balaban J connectivity index is 2.09. The molecule has 1 heterocycles. The second-order valence-electron chi connectivity index (χ2n) is 4.08. The van der Waals surface area contributed by atoms with Crippen LogP contribution in [0, 0.1) is 12.3 Å². The molecule has 2 heteroatoms. The number of hydrogen-bond acceptors (Lipinski definition) is 2. The smallest absolute Gasteiger partial charge is 0.0642 e. The summed E-state index contributed by atoms with van der Waals surface area (Å²) in [5, 5.41) is 0. The van der Waals surface area contributed by atoms with Gasteiger partial charge in [-0.25, -0.2) is 0 Å². The minimum atomic E-state index is 0.193. The molecular weight excluding hydrogens is 198 g/mol. The van der Waals surface area contributed by atoms with Crippen LogP contribution in [0.5, 0.6) is 0 Å². The van der Waals surface area contributed by atoms with Crippen LogP contribution in [0.3, 0.4) is 0 Å². The van der Waals surface area contributed by atoms with Crippen LogP contribution in [0.1, 0.15) is 18.4 Å². The zero-order valence-electron chi connectivity index (χ0n) is 9.65. The zero-order valence-corrected chi connectivity index (χ0v) is 9.65. The van der Waals surface area contributed by atoms with E-state index < -0.39 is 0 Å². The third-order valence-electron chi connectivity index (χ3n) is 3.02. The lowest BCUT2D eigenvalue weighted by Gasteiger charge is -2.29. The van der Waals surface area contributed by atoms with Gasteiger partial charge < -0.3 is 9.64 Å². The van der Waals surface area contributed by atoms with Crippen molar-refractivity contribution in [3.63, 3.8) is 0 Å². The summed E-state index contributed by atoms with van der Waals surface area (Å²) < 4.78 is 5.33. The molecule has 1 aromatic rings. The number of morpholine rings is 1. The predicted molar refractivity (Wildman–Crippen MR) is 66.7 cm³/mol. The summed E-state index contributed by atoms with van der Waals surface area (Å²) in [5.41, 5.74) is 2.47. The van der Waals surface area contributed by atoms with Crippen LogP contribution >= 0.6 is 0 Å². The van der Waals surface area contributed by atoms with Crippen molar-refractivity contribution in [1.29, 1.82) is 0 Å². The molecule has 1 saturated heterocycles. The fraction of sp³-hybridized carbons (Fsp3) is 0.429. The Hall–Kier alpha value is -1.46. The van der Waals surface area contributed by atoms with E-state index in [0.29, 0.717) is 0 Å². The molecule has 1 unspecified atom stereocenters. The fourth-order valence-corrected chi connectivity index (χ4v) is 1.89. The summed E-state index contributed by atoms with van der Waals surface area (Å²) in [4.78, 5) is 2.34. The van der Waals surface area contributed by atoms with E-state index >= 15 is 0 Å². The van der Waals surface area contributed by atoms with Crippen LogP contribution < -0.4 is 4.90 Å². The second kappa shape index (κ2) is 5.05. The third-order valence-corrected chi connectivity index (χ3v) is 3.02. The Morgan fingerprint density at radius 1 is 1.25 bits per heavy atom. The van der Waals surface area contributed by atoms with E-state index in [4.69, 9.17) is 11.2 Å². The number of benzene rings is 1. The van der Waals surface area contributed by atoms with Crippen LogP contribution in [0.25, 0.3) is 0 Å². The first-order valence-electron chi connectivity index (χ1n) is 5.70.